The van der Waals surface area contributed by atoms with E-state index in [0.29, 0.717) is 5.92 Å². The smallest absolute Gasteiger partial charge is 0.175 e. The van der Waals surface area contributed by atoms with Crippen molar-refractivity contribution < 1.29 is 4.74 Å². The molecule has 64 valence electrons. The first-order valence-corrected chi connectivity index (χ1v) is 4.04. The fraction of sp³-hybridized carbons (Fsp3) is 0.667. The van der Waals surface area contributed by atoms with Crippen molar-refractivity contribution >= 4 is 6.40 Å². The molecule has 0 aromatic rings. The molecule has 0 bridgehead atoms. The van der Waals surface area contributed by atoms with E-state index < -0.39 is 0 Å². The van der Waals surface area contributed by atoms with Gasteiger partial charge in [-0.1, -0.05) is 20.3 Å². The van der Waals surface area contributed by atoms with Crippen LogP contribution in [-0.2, 0) is 4.74 Å². The van der Waals surface area contributed by atoms with Gasteiger partial charge in [-0.2, -0.15) is 0 Å². The van der Waals surface area contributed by atoms with Gasteiger partial charge in [-0.3, -0.25) is 4.99 Å². The molecule has 0 saturated carbocycles. The van der Waals surface area contributed by atoms with Crippen LogP contribution in [0, 0.1) is 5.92 Å². The molecule has 0 saturated heterocycles. The lowest BCUT2D eigenvalue weighted by Gasteiger charge is -2.00. The average molecular weight is 155 g/mol. The molecule has 0 aromatic heterocycles. The van der Waals surface area contributed by atoms with Crippen molar-refractivity contribution in [2.24, 2.45) is 10.9 Å². The lowest BCUT2D eigenvalue weighted by Crippen LogP contribution is -1.87. The van der Waals surface area contributed by atoms with Crippen LogP contribution in [-0.4, -0.2) is 13.4 Å². The van der Waals surface area contributed by atoms with Gasteiger partial charge in [0.1, 0.15) is 0 Å². The summed E-state index contributed by atoms with van der Waals surface area (Å²) < 4.78 is 4.93. The molecule has 0 radical (unpaired) electrons. The quantitative estimate of drug-likeness (QED) is 0.340. The Morgan fingerprint density at radius 1 is 1.55 bits per heavy atom. The monoisotopic (exact) mass is 155 g/mol. The van der Waals surface area contributed by atoms with Gasteiger partial charge < -0.3 is 4.74 Å². The highest BCUT2D eigenvalue weighted by Gasteiger charge is 1.92. The first-order valence-electron chi connectivity index (χ1n) is 4.04. The Morgan fingerprint density at radius 3 is 2.82 bits per heavy atom. The third kappa shape index (κ3) is 7.10. The van der Waals surface area contributed by atoms with Gasteiger partial charge in [-0.25, -0.2) is 0 Å². The van der Waals surface area contributed by atoms with Crippen LogP contribution in [0.1, 0.15) is 26.7 Å². The van der Waals surface area contributed by atoms with Gasteiger partial charge in [0.05, 0.1) is 6.26 Å². The molecular formula is C9H17NO. The van der Waals surface area contributed by atoms with E-state index in [4.69, 9.17) is 4.74 Å². The zero-order valence-corrected chi connectivity index (χ0v) is 7.58. The lowest BCUT2D eigenvalue weighted by atomic mass is 10.1. The zero-order chi connectivity index (χ0) is 8.53. The molecule has 0 amide bonds. The SMILES string of the molecule is CCCC(C)/C=C/OC=NC. The van der Waals surface area contributed by atoms with E-state index in [1.54, 1.807) is 13.3 Å². The number of allylic oxidation sites excluding steroid dienone is 1. The number of nitrogens with zero attached hydrogens (tertiary/aromatic N) is 1. The summed E-state index contributed by atoms with van der Waals surface area (Å²) in [6.07, 6.45) is 7.59. The molecule has 0 aliphatic heterocycles. The molecule has 2 heteroatoms. The minimum atomic E-state index is 0.602. The van der Waals surface area contributed by atoms with Crippen LogP contribution >= 0.6 is 0 Å². The molecule has 0 N–H and O–H groups in total. The average Bonchev–Trinajstić information content (AvgIpc) is 1.99. The molecule has 0 spiro atoms. The maximum absolute atomic E-state index is 4.93. The van der Waals surface area contributed by atoms with E-state index in [-0.39, 0.29) is 0 Å². The molecule has 1 unspecified atom stereocenters. The Balaban J connectivity index is 3.39. The number of hydrogen-bond donors (Lipinski definition) is 0. The summed E-state index contributed by atoms with van der Waals surface area (Å²) in [6.45, 7) is 4.35. The molecule has 2 nitrogen and oxygen atoms in total. The molecule has 0 aliphatic rings. The number of ether oxygens (including phenoxy) is 1. The third-order valence-corrected chi connectivity index (χ3v) is 1.40. The largest absolute Gasteiger partial charge is 0.454 e. The van der Waals surface area contributed by atoms with Gasteiger partial charge >= 0.3 is 0 Å². The number of hydrogen-bond acceptors (Lipinski definition) is 2. The topological polar surface area (TPSA) is 21.6 Å². The van der Waals surface area contributed by atoms with E-state index in [2.05, 4.69) is 18.8 Å². The van der Waals surface area contributed by atoms with Crippen molar-refractivity contribution in [1.82, 2.24) is 0 Å². The zero-order valence-electron chi connectivity index (χ0n) is 7.58. The van der Waals surface area contributed by atoms with Crippen molar-refractivity contribution in [3.63, 3.8) is 0 Å². The molecule has 0 aliphatic carbocycles. The maximum atomic E-state index is 4.93. The van der Waals surface area contributed by atoms with Crippen LogP contribution < -0.4 is 0 Å². The van der Waals surface area contributed by atoms with Gasteiger partial charge in [0.25, 0.3) is 0 Å². The third-order valence-electron chi connectivity index (χ3n) is 1.40. The van der Waals surface area contributed by atoms with Crippen molar-refractivity contribution in [1.29, 1.82) is 0 Å². The van der Waals surface area contributed by atoms with Crippen molar-refractivity contribution in [2.45, 2.75) is 26.7 Å². The minimum Gasteiger partial charge on any atom is -0.454 e. The summed E-state index contributed by atoms with van der Waals surface area (Å²) >= 11 is 0. The van der Waals surface area contributed by atoms with E-state index in [1.807, 2.05) is 6.08 Å². The first-order chi connectivity index (χ1) is 5.31. The number of aliphatic imine (C=N–C) groups is 1. The summed E-state index contributed by atoms with van der Waals surface area (Å²) in [4.78, 5) is 3.68. The normalized spacial score (nSPS) is 14.5. The van der Waals surface area contributed by atoms with Crippen molar-refractivity contribution in [2.75, 3.05) is 7.05 Å². The standard InChI is InChI=1S/C9H17NO/c1-4-5-9(2)6-7-11-8-10-3/h6-9H,4-5H2,1-3H3/b7-6+,10-8?. The summed E-state index contributed by atoms with van der Waals surface area (Å²) in [5.41, 5.74) is 0. The van der Waals surface area contributed by atoms with E-state index in [9.17, 15) is 0 Å². The summed E-state index contributed by atoms with van der Waals surface area (Å²) in [6, 6.07) is 0. The summed E-state index contributed by atoms with van der Waals surface area (Å²) in [5, 5.41) is 0. The van der Waals surface area contributed by atoms with Crippen LogP contribution in [0.5, 0.6) is 0 Å². The Bertz CT molecular complexity index is 130. The van der Waals surface area contributed by atoms with Crippen LogP contribution in [0.4, 0.5) is 0 Å². The summed E-state index contributed by atoms with van der Waals surface area (Å²) in [5.74, 6) is 0.602. The van der Waals surface area contributed by atoms with Crippen molar-refractivity contribution in [3.05, 3.63) is 12.3 Å². The fourth-order valence-corrected chi connectivity index (χ4v) is 0.827. The van der Waals surface area contributed by atoms with Crippen LogP contribution in [0.15, 0.2) is 17.3 Å². The van der Waals surface area contributed by atoms with E-state index >= 15 is 0 Å². The van der Waals surface area contributed by atoms with E-state index in [0.717, 1.165) is 0 Å². The predicted octanol–water partition coefficient (Wildman–Crippen LogP) is 2.61. The molecule has 0 heterocycles. The summed E-state index contributed by atoms with van der Waals surface area (Å²) in [7, 11) is 1.68. The highest BCUT2D eigenvalue weighted by Crippen LogP contribution is 2.05. The highest BCUT2D eigenvalue weighted by atomic mass is 16.5. The van der Waals surface area contributed by atoms with Crippen LogP contribution in [0.3, 0.4) is 0 Å². The minimum absolute atomic E-state index is 0.602. The second kappa shape index (κ2) is 7.32. The second-order valence-electron chi connectivity index (χ2n) is 2.59. The Kier molecular flexibility index (Phi) is 6.79. The molecule has 0 aromatic carbocycles. The Labute approximate surface area is 69.0 Å². The fourth-order valence-electron chi connectivity index (χ4n) is 0.827. The second-order valence-corrected chi connectivity index (χ2v) is 2.59. The molecule has 1 atom stereocenters. The highest BCUT2D eigenvalue weighted by molar-refractivity contribution is 5.46. The van der Waals surface area contributed by atoms with Crippen LogP contribution in [0.2, 0.25) is 0 Å². The van der Waals surface area contributed by atoms with Crippen molar-refractivity contribution in [3.8, 4) is 0 Å². The Hall–Kier alpha value is -0.790. The van der Waals surface area contributed by atoms with Gasteiger partial charge in [0.15, 0.2) is 6.40 Å². The predicted molar refractivity (Wildman–Crippen MR) is 48.7 cm³/mol. The van der Waals surface area contributed by atoms with E-state index in [1.165, 1.54) is 19.2 Å². The molecule has 0 rings (SSSR count). The Morgan fingerprint density at radius 2 is 2.27 bits per heavy atom. The maximum Gasteiger partial charge on any atom is 0.175 e. The molecular weight excluding hydrogens is 138 g/mol. The van der Waals surface area contributed by atoms with Crippen LogP contribution in [0.25, 0.3) is 0 Å². The number of rotatable bonds is 5. The van der Waals surface area contributed by atoms with Gasteiger partial charge in [-0.15, -0.1) is 0 Å². The van der Waals surface area contributed by atoms with Gasteiger partial charge in [0.2, 0.25) is 0 Å². The van der Waals surface area contributed by atoms with Gasteiger partial charge in [0, 0.05) is 7.05 Å². The molecule has 11 heavy (non-hydrogen) atoms. The molecule has 0 fully saturated rings. The lowest BCUT2D eigenvalue weighted by molar-refractivity contribution is 0.481. The van der Waals surface area contributed by atoms with Gasteiger partial charge in [-0.05, 0) is 18.4 Å². The first kappa shape index (κ1) is 10.2.